The molecule has 0 aliphatic carbocycles. The Kier molecular flexibility index (Phi) is 7.83. The molecule has 126 valence electrons. The quantitative estimate of drug-likeness (QED) is 0.449. The number of rotatable bonds is 11. The van der Waals surface area contributed by atoms with Gasteiger partial charge in [0.1, 0.15) is 4.88 Å². The van der Waals surface area contributed by atoms with Gasteiger partial charge in [-0.3, -0.25) is 0 Å². The average molecular weight is 351 g/mol. The maximum Gasteiger partial charge on any atom is 0.345 e. The topological polar surface area (TPSA) is 37.3 Å². The second kappa shape index (κ2) is 9.89. The molecule has 0 saturated heterocycles. The molecule has 2 rings (SSSR count). The van der Waals surface area contributed by atoms with Crippen molar-refractivity contribution in [3.8, 4) is 9.75 Å². The molecule has 23 heavy (non-hydrogen) atoms. The van der Waals surface area contributed by atoms with Crippen molar-refractivity contribution in [1.82, 2.24) is 0 Å². The Balaban J connectivity index is 1.83. The molecule has 2 heterocycles. The van der Waals surface area contributed by atoms with Crippen LogP contribution in [0.4, 0.5) is 0 Å². The fourth-order valence-electron chi connectivity index (χ4n) is 2.79. The van der Waals surface area contributed by atoms with Crippen LogP contribution in [0.25, 0.3) is 9.75 Å². The second-order valence-electron chi connectivity index (χ2n) is 5.97. The number of thiophene rings is 2. The predicted molar refractivity (Wildman–Crippen MR) is 101 cm³/mol. The first kappa shape index (κ1) is 18.2. The number of aryl methyl sites for hydroxylation is 1. The van der Waals surface area contributed by atoms with Crippen LogP contribution in [-0.4, -0.2) is 11.1 Å². The third-order valence-electron chi connectivity index (χ3n) is 4.06. The van der Waals surface area contributed by atoms with E-state index in [1.165, 1.54) is 66.7 Å². The van der Waals surface area contributed by atoms with Gasteiger partial charge in [-0.2, -0.15) is 0 Å². The Bertz CT molecular complexity index is 585. The maximum absolute atomic E-state index is 11.3. The lowest BCUT2D eigenvalue weighted by Gasteiger charge is -2.03. The van der Waals surface area contributed by atoms with E-state index in [2.05, 4.69) is 18.4 Å². The summed E-state index contributed by atoms with van der Waals surface area (Å²) < 4.78 is 0. The fourth-order valence-corrected chi connectivity index (χ4v) is 4.72. The summed E-state index contributed by atoms with van der Waals surface area (Å²) in [5, 5.41) is 11.3. The average Bonchev–Trinajstić information content (AvgIpc) is 3.18. The van der Waals surface area contributed by atoms with Crippen molar-refractivity contribution < 1.29 is 9.90 Å². The molecule has 2 aromatic rings. The van der Waals surface area contributed by atoms with Gasteiger partial charge in [0.15, 0.2) is 0 Å². The van der Waals surface area contributed by atoms with Gasteiger partial charge < -0.3 is 5.11 Å². The molecular formula is C19H26O2S2. The zero-order valence-corrected chi connectivity index (χ0v) is 15.5. The molecule has 0 aromatic carbocycles. The van der Waals surface area contributed by atoms with E-state index in [4.69, 9.17) is 0 Å². The monoisotopic (exact) mass is 350 g/mol. The largest absolute Gasteiger partial charge is 0.477 e. The summed E-state index contributed by atoms with van der Waals surface area (Å²) in [5.74, 6) is -0.810. The van der Waals surface area contributed by atoms with Gasteiger partial charge in [-0.1, -0.05) is 57.9 Å². The minimum atomic E-state index is -0.810. The molecule has 0 unspecified atom stereocenters. The van der Waals surface area contributed by atoms with E-state index in [1.807, 2.05) is 12.1 Å². The van der Waals surface area contributed by atoms with Gasteiger partial charge in [-0.15, -0.1) is 22.7 Å². The Morgan fingerprint density at radius 2 is 1.78 bits per heavy atom. The molecular weight excluding hydrogens is 324 g/mol. The lowest BCUT2D eigenvalue weighted by atomic mass is 10.0. The third kappa shape index (κ3) is 5.78. The minimum Gasteiger partial charge on any atom is -0.477 e. The van der Waals surface area contributed by atoms with Crippen LogP contribution in [-0.2, 0) is 6.42 Å². The van der Waals surface area contributed by atoms with Gasteiger partial charge in [0.25, 0.3) is 0 Å². The summed E-state index contributed by atoms with van der Waals surface area (Å²) in [6.07, 6.45) is 11.4. The third-order valence-corrected chi connectivity index (χ3v) is 6.28. The van der Waals surface area contributed by atoms with Crippen LogP contribution in [0.2, 0.25) is 0 Å². The van der Waals surface area contributed by atoms with Crippen molar-refractivity contribution in [2.45, 2.75) is 64.7 Å². The van der Waals surface area contributed by atoms with Crippen molar-refractivity contribution in [2.24, 2.45) is 0 Å². The number of hydrogen-bond donors (Lipinski definition) is 1. The number of hydrogen-bond acceptors (Lipinski definition) is 3. The first-order valence-corrected chi connectivity index (χ1v) is 10.3. The van der Waals surface area contributed by atoms with E-state index >= 15 is 0 Å². The van der Waals surface area contributed by atoms with Crippen molar-refractivity contribution in [1.29, 1.82) is 0 Å². The molecule has 0 amide bonds. The van der Waals surface area contributed by atoms with Crippen LogP contribution in [0, 0.1) is 0 Å². The van der Waals surface area contributed by atoms with Gasteiger partial charge in [-0.05, 0) is 35.9 Å². The van der Waals surface area contributed by atoms with E-state index < -0.39 is 5.97 Å². The number of unbranched alkanes of at least 4 members (excludes halogenated alkanes) is 7. The van der Waals surface area contributed by atoms with Crippen molar-refractivity contribution in [3.05, 3.63) is 34.0 Å². The van der Waals surface area contributed by atoms with E-state index in [1.54, 1.807) is 11.3 Å². The van der Waals surface area contributed by atoms with Crippen LogP contribution in [0.3, 0.4) is 0 Å². The molecule has 0 spiro atoms. The molecule has 0 aliphatic heterocycles. The standard InChI is InChI=1S/C19H26O2S2/c1-2-3-4-5-6-7-8-9-11-15-14-17(19(20)21)23-18(15)16-12-10-13-22-16/h10,12-14H,2-9,11H2,1H3,(H,20,21). The normalized spacial score (nSPS) is 11.0. The molecule has 2 aromatic heterocycles. The van der Waals surface area contributed by atoms with Gasteiger partial charge in [0.05, 0.1) is 0 Å². The predicted octanol–water partition coefficient (Wildman–Crippen LogP) is 6.86. The molecule has 0 aliphatic rings. The smallest absolute Gasteiger partial charge is 0.345 e. The SMILES string of the molecule is CCCCCCCCCCc1cc(C(=O)O)sc1-c1cccs1. The summed E-state index contributed by atoms with van der Waals surface area (Å²) >= 11 is 3.10. The highest BCUT2D eigenvalue weighted by atomic mass is 32.1. The molecule has 2 nitrogen and oxygen atoms in total. The number of aromatic carboxylic acids is 1. The Morgan fingerprint density at radius 1 is 1.09 bits per heavy atom. The van der Waals surface area contributed by atoms with E-state index in [-0.39, 0.29) is 0 Å². The lowest BCUT2D eigenvalue weighted by molar-refractivity contribution is 0.0702. The van der Waals surface area contributed by atoms with Gasteiger partial charge >= 0.3 is 5.97 Å². The van der Waals surface area contributed by atoms with Crippen molar-refractivity contribution in [3.63, 3.8) is 0 Å². The minimum absolute atomic E-state index is 0.461. The molecule has 0 fully saturated rings. The van der Waals surface area contributed by atoms with Crippen LogP contribution < -0.4 is 0 Å². The lowest BCUT2D eigenvalue weighted by Crippen LogP contribution is -1.91. The van der Waals surface area contributed by atoms with Crippen LogP contribution in [0.1, 0.15) is 73.5 Å². The Labute approximate surface area is 147 Å². The van der Waals surface area contributed by atoms with Crippen LogP contribution >= 0.6 is 22.7 Å². The second-order valence-corrected chi connectivity index (χ2v) is 7.97. The fraction of sp³-hybridized carbons (Fsp3) is 0.526. The molecule has 0 bridgehead atoms. The highest BCUT2D eigenvalue weighted by molar-refractivity contribution is 7.22. The highest BCUT2D eigenvalue weighted by Crippen LogP contribution is 2.36. The van der Waals surface area contributed by atoms with Crippen molar-refractivity contribution in [2.75, 3.05) is 0 Å². The summed E-state index contributed by atoms with van der Waals surface area (Å²) in [6.45, 7) is 2.25. The summed E-state index contributed by atoms with van der Waals surface area (Å²) in [5.41, 5.74) is 1.21. The number of carboxylic acid groups (broad SMARTS) is 1. The number of carboxylic acids is 1. The van der Waals surface area contributed by atoms with E-state index in [9.17, 15) is 9.90 Å². The number of carbonyl (C=O) groups is 1. The zero-order valence-electron chi connectivity index (χ0n) is 13.8. The molecule has 4 heteroatoms. The summed E-state index contributed by atoms with van der Waals surface area (Å²) in [4.78, 5) is 14.1. The Morgan fingerprint density at radius 3 is 2.39 bits per heavy atom. The van der Waals surface area contributed by atoms with Gasteiger partial charge in [0.2, 0.25) is 0 Å². The summed E-state index contributed by atoms with van der Waals surface area (Å²) in [6, 6.07) is 5.99. The van der Waals surface area contributed by atoms with Gasteiger partial charge in [0, 0.05) is 9.75 Å². The highest BCUT2D eigenvalue weighted by Gasteiger charge is 2.15. The Hall–Kier alpha value is -1.13. The van der Waals surface area contributed by atoms with Gasteiger partial charge in [-0.25, -0.2) is 4.79 Å². The first-order valence-electron chi connectivity index (χ1n) is 8.62. The summed E-state index contributed by atoms with van der Waals surface area (Å²) in [7, 11) is 0. The molecule has 0 radical (unpaired) electrons. The maximum atomic E-state index is 11.3. The van der Waals surface area contributed by atoms with Crippen molar-refractivity contribution >= 4 is 28.6 Å². The first-order chi connectivity index (χ1) is 11.2. The molecule has 1 N–H and O–H groups in total. The molecule has 0 saturated carbocycles. The van der Waals surface area contributed by atoms with Crippen LogP contribution in [0.5, 0.6) is 0 Å². The molecule has 0 atom stereocenters. The zero-order chi connectivity index (χ0) is 16.5. The van der Waals surface area contributed by atoms with Crippen LogP contribution in [0.15, 0.2) is 23.6 Å². The van der Waals surface area contributed by atoms with E-state index in [0.717, 1.165) is 17.7 Å². The van der Waals surface area contributed by atoms with E-state index in [0.29, 0.717) is 4.88 Å².